The van der Waals surface area contributed by atoms with Gasteiger partial charge in [-0.05, 0) is 18.1 Å². The van der Waals surface area contributed by atoms with Gasteiger partial charge in [0.25, 0.3) is 0 Å². The number of rotatable bonds is 4. The molecule has 0 unspecified atom stereocenters. The largest absolute Gasteiger partial charge is 0.310 e. The lowest BCUT2D eigenvalue weighted by Gasteiger charge is -2.11. The van der Waals surface area contributed by atoms with Gasteiger partial charge in [-0.2, -0.15) is 0 Å². The van der Waals surface area contributed by atoms with Gasteiger partial charge in [0.15, 0.2) is 5.82 Å². The van der Waals surface area contributed by atoms with E-state index in [4.69, 9.17) is 23.2 Å². The molecule has 96 valence electrons. The van der Waals surface area contributed by atoms with E-state index in [2.05, 4.69) is 28.6 Å². The lowest BCUT2D eigenvalue weighted by Crippen LogP contribution is -2.09. The summed E-state index contributed by atoms with van der Waals surface area (Å²) in [5.74, 6) is 2.48. The molecule has 0 spiro atoms. The first-order valence-electron chi connectivity index (χ1n) is 5.85. The van der Waals surface area contributed by atoms with Gasteiger partial charge in [0.05, 0.1) is 5.88 Å². The topological polar surface area (TPSA) is 30.7 Å². The Morgan fingerprint density at radius 1 is 1.28 bits per heavy atom. The summed E-state index contributed by atoms with van der Waals surface area (Å²) in [6.45, 7) is 5.15. The Bertz CT molecular complexity index is 535. The van der Waals surface area contributed by atoms with Crippen molar-refractivity contribution in [3.63, 3.8) is 0 Å². The Morgan fingerprint density at radius 3 is 2.67 bits per heavy atom. The Labute approximate surface area is 117 Å². The van der Waals surface area contributed by atoms with Crippen LogP contribution in [0.5, 0.6) is 0 Å². The van der Waals surface area contributed by atoms with Crippen molar-refractivity contribution in [2.75, 3.05) is 0 Å². The first-order chi connectivity index (χ1) is 8.61. The van der Waals surface area contributed by atoms with E-state index < -0.39 is 0 Å². The van der Waals surface area contributed by atoms with Gasteiger partial charge < -0.3 is 4.57 Å². The van der Waals surface area contributed by atoms with E-state index >= 15 is 0 Å². The third-order valence-corrected chi connectivity index (χ3v) is 3.05. The van der Waals surface area contributed by atoms with Gasteiger partial charge in [0.2, 0.25) is 0 Å². The summed E-state index contributed by atoms with van der Waals surface area (Å²) >= 11 is 11.9. The van der Waals surface area contributed by atoms with Crippen LogP contribution in [0.25, 0.3) is 11.4 Å². The number of alkyl halides is 1. The van der Waals surface area contributed by atoms with E-state index in [1.807, 2.05) is 24.3 Å². The fourth-order valence-corrected chi connectivity index (χ4v) is 2.22. The third-order valence-electron chi connectivity index (χ3n) is 2.58. The van der Waals surface area contributed by atoms with Gasteiger partial charge in [-0.1, -0.05) is 37.6 Å². The average molecular weight is 284 g/mol. The average Bonchev–Trinajstić information content (AvgIpc) is 2.71. The van der Waals surface area contributed by atoms with E-state index in [1.165, 1.54) is 0 Å². The van der Waals surface area contributed by atoms with Crippen LogP contribution in [0.2, 0.25) is 5.02 Å². The highest BCUT2D eigenvalue weighted by atomic mass is 35.5. The number of hydrogen-bond acceptors (Lipinski definition) is 2. The molecule has 0 aliphatic rings. The van der Waals surface area contributed by atoms with Crippen LogP contribution in [0.1, 0.15) is 19.7 Å². The normalized spacial score (nSPS) is 11.2. The second kappa shape index (κ2) is 5.72. The first kappa shape index (κ1) is 13.4. The molecule has 0 aliphatic carbocycles. The summed E-state index contributed by atoms with van der Waals surface area (Å²) in [5, 5.41) is 9.05. The van der Waals surface area contributed by atoms with E-state index in [1.54, 1.807) is 0 Å². The van der Waals surface area contributed by atoms with Crippen molar-refractivity contribution >= 4 is 23.2 Å². The molecule has 0 atom stereocenters. The minimum atomic E-state index is 0.361. The smallest absolute Gasteiger partial charge is 0.164 e. The Kier molecular flexibility index (Phi) is 4.25. The molecular formula is C13H15Cl2N3. The van der Waals surface area contributed by atoms with Crippen molar-refractivity contribution in [3.05, 3.63) is 35.1 Å². The van der Waals surface area contributed by atoms with Crippen LogP contribution in [0.15, 0.2) is 24.3 Å². The number of benzene rings is 1. The highest BCUT2D eigenvalue weighted by Crippen LogP contribution is 2.23. The summed E-state index contributed by atoms with van der Waals surface area (Å²) in [4.78, 5) is 0. The first-order valence-corrected chi connectivity index (χ1v) is 6.77. The summed E-state index contributed by atoms with van der Waals surface area (Å²) in [5.41, 5.74) is 0.965. The molecule has 2 aromatic rings. The summed E-state index contributed by atoms with van der Waals surface area (Å²) < 4.78 is 2.06. The number of aromatic nitrogens is 3. The lowest BCUT2D eigenvalue weighted by atomic mass is 10.2. The minimum absolute atomic E-state index is 0.361. The maximum Gasteiger partial charge on any atom is 0.164 e. The zero-order valence-electron chi connectivity index (χ0n) is 10.4. The van der Waals surface area contributed by atoms with Gasteiger partial charge in [0, 0.05) is 17.1 Å². The monoisotopic (exact) mass is 283 g/mol. The number of halogens is 2. The van der Waals surface area contributed by atoms with E-state index in [-0.39, 0.29) is 0 Å². The predicted molar refractivity (Wildman–Crippen MR) is 74.9 cm³/mol. The molecule has 0 amide bonds. The quantitative estimate of drug-likeness (QED) is 0.795. The molecule has 0 radical (unpaired) electrons. The van der Waals surface area contributed by atoms with Crippen molar-refractivity contribution in [3.8, 4) is 11.4 Å². The molecule has 1 heterocycles. The van der Waals surface area contributed by atoms with Gasteiger partial charge in [-0.15, -0.1) is 21.8 Å². The van der Waals surface area contributed by atoms with Gasteiger partial charge in [0.1, 0.15) is 5.82 Å². The highest BCUT2D eigenvalue weighted by Gasteiger charge is 2.14. The van der Waals surface area contributed by atoms with E-state index in [0.717, 1.165) is 23.8 Å². The van der Waals surface area contributed by atoms with Crippen LogP contribution in [0.4, 0.5) is 0 Å². The van der Waals surface area contributed by atoms with Crippen molar-refractivity contribution in [2.24, 2.45) is 5.92 Å². The second-order valence-electron chi connectivity index (χ2n) is 4.59. The van der Waals surface area contributed by atoms with Gasteiger partial charge in [-0.3, -0.25) is 0 Å². The third kappa shape index (κ3) is 2.85. The lowest BCUT2D eigenvalue weighted by molar-refractivity contribution is 0.515. The molecule has 0 saturated heterocycles. The van der Waals surface area contributed by atoms with Gasteiger partial charge in [-0.25, -0.2) is 0 Å². The molecule has 3 nitrogen and oxygen atoms in total. The predicted octanol–water partition coefficient (Wildman–Crippen LogP) is 3.99. The molecule has 0 saturated carbocycles. The standard InChI is InChI=1S/C13H15Cl2N3/c1-9(2)8-18-12(7-14)16-17-13(18)10-4-3-5-11(15)6-10/h3-6,9H,7-8H2,1-2H3. The molecule has 0 fully saturated rings. The fourth-order valence-electron chi connectivity index (χ4n) is 1.83. The summed E-state index contributed by atoms with van der Waals surface area (Å²) in [7, 11) is 0. The molecule has 0 N–H and O–H groups in total. The van der Waals surface area contributed by atoms with Crippen molar-refractivity contribution in [1.29, 1.82) is 0 Å². The van der Waals surface area contributed by atoms with Crippen LogP contribution in [-0.2, 0) is 12.4 Å². The van der Waals surface area contributed by atoms with E-state index in [9.17, 15) is 0 Å². The maximum absolute atomic E-state index is 6.01. The number of nitrogens with zero attached hydrogens (tertiary/aromatic N) is 3. The van der Waals surface area contributed by atoms with Crippen LogP contribution in [0.3, 0.4) is 0 Å². The Hall–Kier alpha value is -1.06. The molecular weight excluding hydrogens is 269 g/mol. The Morgan fingerprint density at radius 2 is 2.06 bits per heavy atom. The van der Waals surface area contributed by atoms with Crippen molar-refractivity contribution < 1.29 is 0 Å². The fraction of sp³-hybridized carbons (Fsp3) is 0.385. The van der Waals surface area contributed by atoms with Crippen LogP contribution in [0, 0.1) is 5.92 Å². The molecule has 0 aliphatic heterocycles. The molecule has 18 heavy (non-hydrogen) atoms. The molecule has 1 aromatic heterocycles. The van der Waals surface area contributed by atoms with Crippen LogP contribution < -0.4 is 0 Å². The van der Waals surface area contributed by atoms with Crippen molar-refractivity contribution in [2.45, 2.75) is 26.3 Å². The highest BCUT2D eigenvalue weighted by molar-refractivity contribution is 6.30. The maximum atomic E-state index is 6.01. The van der Waals surface area contributed by atoms with Crippen LogP contribution in [-0.4, -0.2) is 14.8 Å². The SMILES string of the molecule is CC(C)Cn1c(CCl)nnc1-c1cccc(Cl)c1. The van der Waals surface area contributed by atoms with Crippen molar-refractivity contribution in [1.82, 2.24) is 14.8 Å². The summed E-state index contributed by atoms with van der Waals surface area (Å²) in [6, 6.07) is 7.62. The van der Waals surface area contributed by atoms with E-state index in [0.29, 0.717) is 16.8 Å². The second-order valence-corrected chi connectivity index (χ2v) is 5.29. The molecule has 2 rings (SSSR count). The summed E-state index contributed by atoms with van der Waals surface area (Å²) in [6.07, 6.45) is 0. The zero-order valence-corrected chi connectivity index (χ0v) is 11.9. The zero-order chi connectivity index (χ0) is 13.1. The molecule has 1 aromatic carbocycles. The van der Waals surface area contributed by atoms with Gasteiger partial charge >= 0.3 is 0 Å². The van der Waals surface area contributed by atoms with Crippen LogP contribution >= 0.6 is 23.2 Å². The minimum Gasteiger partial charge on any atom is -0.310 e. The Balaban J connectivity index is 2.47. The molecule has 0 bridgehead atoms. The number of hydrogen-bond donors (Lipinski definition) is 0. The molecule has 5 heteroatoms.